The summed E-state index contributed by atoms with van der Waals surface area (Å²) in [5.41, 5.74) is -0.373. The van der Waals surface area contributed by atoms with Crippen LogP contribution in [-0.4, -0.2) is 39.6 Å². The Morgan fingerprint density at radius 1 is 1.48 bits per heavy atom. The summed E-state index contributed by atoms with van der Waals surface area (Å²) in [5.74, 6) is 0.0262. The van der Waals surface area contributed by atoms with Gasteiger partial charge in [0.25, 0.3) is 0 Å². The molecule has 1 aliphatic rings. The van der Waals surface area contributed by atoms with Gasteiger partial charge in [-0.3, -0.25) is 10.1 Å². The molecule has 1 aromatic rings. The fourth-order valence-electron chi connectivity index (χ4n) is 2.22. The minimum Gasteiger partial charge on any atom is -0.490 e. The molecule has 0 bridgehead atoms. The number of sulfonamides is 1. The number of piperidine rings is 1. The van der Waals surface area contributed by atoms with E-state index in [1.54, 1.807) is 0 Å². The zero-order valence-corrected chi connectivity index (χ0v) is 12.4. The van der Waals surface area contributed by atoms with Crippen LogP contribution in [0.25, 0.3) is 0 Å². The lowest BCUT2D eigenvalue weighted by Crippen LogP contribution is -2.45. The molecular weight excluding hydrogens is 298 g/mol. The van der Waals surface area contributed by atoms with Gasteiger partial charge in [-0.05, 0) is 31.5 Å². The first-order chi connectivity index (χ1) is 9.94. The van der Waals surface area contributed by atoms with Crippen LogP contribution in [-0.2, 0) is 10.0 Å². The number of hydrogen-bond donors (Lipinski definition) is 2. The molecule has 1 fully saturated rings. The van der Waals surface area contributed by atoms with E-state index in [1.165, 1.54) is 19.2 Å². The van der Waals surface area contributed by atoms with Crippen molar-refractivity contribution in [2.24, 2.45) is 0 Å². The number of nitro benzene ring substituents is 1. The summed E-state index contributed by atoms with van der Waals surface area (Å²) in [6.45, 7) is 1.42. The Morgan fingerprint density at radius 2 is 2.24 bits per heavy atom. The molecule has 0 aliphatic carbocycles. The van der Waals surface area contributed by atoms with Crippen LogP contribution in [0.4, 0.5) is 5.69 Å². The second-order valence-electron chi connectivity index (χ2n) is 4.76. The van der Waals surface area contributed by atoms with E-state index in [4.69, 9.17) is 4.74 Å². The van der Waals surface area contributed by atoms with E-state index in [2.05, 4.69) is 10.0 Å². The van der Waals surface area contributed by atoms with Crippen LogP contribution >= 0.6 is 0 Å². The summed E-state index contributed by atoms with van der Waals surface area (Å²) < 4.78 is 32.0. The van der Waals surface area contributed by atoms with Crippen molar-refractivity contribution in [1.82, 2.24) is 10.0 Å². The topological polar surface area (TPSA) is 111 Å². The van der Waals surface area contributed by atoms with Gasteiger partial charge in [-0.2, -0.15) is 0 Å². The van der Waals surface area contributed by atoms with E-state index >= 15 is 0 Å². The Hall–Kier alpha value is -1.71. The van der Waals surface area contributed by atoms with Crippen LogP contribution in [0.3, 0.4) is 0 Å². The van der Waals surface area contributed by atoms with Gasteiger partial charge in [0.1, 0.15) is 0 Å². The fraction of sp³-hybridized carbons (Fsp3) is 0.500. The number of nitrogens with one attached hydrogen (secondary N) is 2. The number of nitrogens with zero attached hydrogens (tertiary/aromatic N) is 1. The second-order valence-corrected chi connectivity index (χ2v) is 6.47. The second kappa shape index (κ2) is 6.37. The van der Waals surface area contributed by atoms with Gasteiger partial charge in [-0.1, -0.05) is 0 Å². The van der Waals surface area contributed by atoms with Gasteiger partial charge in [0.05, 0.1) is 16.9 Å². The van der Waals surface area contributed by atoms with Crippen molar-refractivity contribution in [1.29, 1.82) is 0 Å². The largest absolute Gasteiger partial charge is 0.490 e. The average Bonchev–Trinajstić information content (AvgIpc) is 2.47. The quantitative estimate of drug-likeness (QED) is 0.609. The van der Waals surface area contributed by atoms with Gasteiger partial charge in [0, 0.05) is 18.7 Å². The predicted octanol–water partition coefficient (Wildman–Crippen LogP) is 0.634. The zero-order chi connectivity index (χ0) is 15.5. The van der Waals surface area contributed by atoms with E-state index in [9.17, 15) is 18.5 Å². The molecular formula is C12H17N3O5S. The third-order valence-electron chi connectivity index (χ3n) is 3.28. The van der Waals surface area contributed by atoms with E-state index in [-0.39, 0.29) is 22.4 Å². The number of ether oxygens (including phenoxy) is 1. The monoisotopic (exact) mass is 315 g/mol. The standard InChI is InChI=1S/C12H17N3O5S/c1-20-12-5-4-10(7-11(12)15(16)17)21(18,19)14-9-3-2-6-13-8-9/h4-5,7,9,13-14H,2-3,6,8H2,1H3/t9-/m1/s1. The van der Waals surface area contributed by atoms with Crippen LogP contribution in [0.2, 0.25) is 0 Å². The molecule has 2 rings (SSSR count). The lowest BCUT2D eigenvalue weighted by Gasteiger charge is -2.23. The Balaban J connectivity index is 2.27. The normalized spacial score (nSPS) is 19.2. The summed E-state index contributed by atoms with van der Waals surface area (Å²) in [4.78, 5) is 10.1. The molecule has 21 heavy (non-hydrogen) atoms. The summed E-state index contributed by atoms with van der Waals surface area (Å²) >= 11 is 0. The molecule has 0 spiro atoms. The van der Waals surface area contributed by atoms with Crippen LogP contribution < -0.4 is 14.8 Å². The molecule has 9 heteroatoms. The highest BCUT2D eigenvalue weighted by Crippen LogP contribution is 2.29. The molecule has 0 amide bonds. The minimum atomic E-state index is -3.79. The third-order valence-corrected chi connectivity index (χ3v) is 4.79. The Bertz CT molecular complexity index is 626. The number of hydrogen-bond acceptors (Lipinski definition) is 6. The molecule has 0 unspecified atom stereocenters. The Morgan fingerprint density at radius 3 is 2.81 bits per heavy atom. The van der Waals surface area contributed by atoms with E-state index in [1.807, 2.05) is 0 Å². The number of benzene rings is 1. The van der Waals surface area contributed by atoms with Crippen molar-refractivity contribution >= 4 is 15.7 Å². The Labute approximate surface area is 122 Å². The first-order valence-electron chi connectivity index (χ1n) is 6.49. The van der Waals surface area contributed by atoms with Crippen molar-refractivity contribution in [3.8, 4) is 5.75 Å². The van der Waals surface area contributed by atoms with Gasteiger partial charge in [0.2, 0.25) is 10.0 Å². The molecule has 116 valence electrons. The molecule has 1 saturated heterocycles. The molecule has 1 aromatic carbocycles. The van der Waals surface area contributed by atoms with Gasteiger partial charge >= 0.3 is 5.69 Å². The van der Waals surface area contributed by atoms with Crippen LogP contribution in [0.1, 0.15) is 12.8 Å². The third kappa shape index (κ3) is 3.69. The van der Waals surface area contributed by atoms with Crippen LogP contribution in [0.15, 0.2) is 23.1 Å². The van der Waals surface area contributed by atoms with Gasteiger partial charge in [0.15, 0.2) is 5.75 Å². The highest BCUT2D eigenvalue weighted by molar-refractivity contribution is 7.89. The highest BCUT2D eigenvalue weighted by Gasteiger charge is 2.25. The molecule has 2 N–H and O–H groups in total. The maximum absolute atomic E-state index is 12.3. The van der Waals surface area contributed by atoms with Crippen LogP contribution in [0, 0.1) is 10.1 Å². The van der Waals surface area contributed by atoms with Crippen molar-refractivity contribution in [3.63, 3.8) is 0 Å². The van der Waals surface area contributed by atoms with Gasteiger partial charge in [-0.15, -0.1) is 0 Å². The predicted molar refractivity (Wildman–Crippen MR) is 75.9 cm³/mol. The summed E-state index contributed by atoms with van der Waals surface area (Å²) in [7, 11) is -2.50. The van der Waals surface area contributed by atoms with E-state index in [0.29, 0.717) is 6.54 Å². The fourth-order valence-corrected chi connectivity index (χ4v) is 3.51. The minimum absolute atomic E-state index is 0.0262. The number of nitro groups is 1. The summed E-state index contributed by atoms with van der Waals surface area (Å²) in [6, 6.07) is 3.39. The molecule has 1 aliphatic heterocycles. The van der Waals surface area contributed by atoms with E-state index in [0.717, 1.165) is 25.5 Å². The first-order valence-corrected chi connectivity index (χ1v) is 7.98. The van der Waals surface area contributed by atoms with Crippen LogP contribution in [0.5, 0.6) is 5.75 Å². The smallest absolute Gasteiger partial charge is 0.312 e. The molecule has 0 saturated carbocycles. The van der Waals surface area contributed by atoms with Crippen molar-refractivity contribution < 1.29 is 18.1 Å². The van der Waals surface area contributed by atoms with Crippen molar-refractivity contribution in [2.45, 2.75) is 23.8 Å². The molecule has 8 nitrogen and oxygen atoms in total. The lowest BCUT2D eigenvalue weighted by molar-refractivity contribution is -0.386. The summed E-state index contributed by atoms with van der Waals surface area (Å²) in [5, 5.41) is 14.1. The zero-order valence-electron chi connectivity index (χ0n) is 11.5. The average molecular weight is 315 g/mol. The first kappa shape index (κ1) is 15.7. The molecule has 1 heterocycles. The lowest BCUT2D eigenvalue weighted by atomic mass is 10.1. The van der Waals surface area contributed by atoms with Crippen molar-refractivity contribution in [2.75, 3.05) is 20.2 Å². The van der Waals surface area contributed by atoms with Gasteiger partial charge in [-0.25, -0.2) is 13.1 Å². The maximum Gasteiger partial charge on any atom is 0.312 e. The number of methoxy groups -OCH3 is 1. The number of rotatable bonds is 5. The molecule has 0 aromatic heterocycles. The van der Waals surface area contributed by atoms with Gasteiger partial charge < -0.3 is 10.1 Å². The molecule has 1 atom stereocenters. The van der Waals surface area contributed by atoms with E-state index < -0.39 is 14.9 Å². The Kier molecular flexibility index (Phi) is 4.76. The molecule has 0 radical (unpaired) electrons. The SMILES string of the molecule is COc1ccc(S(=O)(=O)N[C@@H]2CCCNC2)cc1[N+](=O)[O-]. The highest BCUT2D eigenvalue weighted by atomic mass is 32.2. The van der Waals surface area contributed by atoms with Crippen molar-refractivity contribution in [3.05, 3.63) is 28.3 Å². The summed E-state index contributed by atoms with van der Waals surface area (Å²) in [6.07, 6.45) is 1.63. The maximum atomic E-state index is 12.3.